The molecule has 0 atom stereocenters. The maximum Gasteiger partial charge on any atom is 0.156 e. The summed E-state index contributed by atoms with van der Waals surface area (Å²) in [5.74, 6) is 1.14. The maximum absolute atomic E-state index is 8.28. The van der Waals surface area contributed by atoms with Gasteiger partial charge in [-0.3, -0.25) is 0 Å². The molecule has 1 aromatic heterocycles. The lowest BCUT2D eigenvalue weighted by Crippen LogP contribution is -1.94. The lowest BCUT2D eigenvalue weighted by Gasteiger charge is -1.99. The third kappa shape index (κ3) is 2.40. The molecule has 1 rings (SSSR count). The molecule has 0 aliphatic carbocycles. The average Bonchev–Trinajstić information content (AvgIpc) is 2.09. The Kier molecular flexibility index (Phi) is 3.35. The number of nitrogen functional groups attached to an aromatic ring is 1. The zero-order valence-corrected chi connectivity index (χ0v) is 7.21. The second-order valence-corrected chi connectivity index (χ2v) is 3.09. The van der Waals surface area contributed by atoms with Crippen LogP contribution in [-0.4, -0.2) is 15.7 Å². The van der Waals surface area contributed by atoms with E-state index in [0.717, 1.165) is 0 Å². The topological polar surface area (TPSA) is 75.6 Å². The molecule has 0 amide bonds. The Balaban J connectivity index is 2.53. The van der Waals surface area contributed by atoms with Crippen molar-refractivity contribution in [2.24, 2.45) is 0 Å². The first-order valence-corrected chi connectivity index (χ1v) is 4.39. The first kappa shape index (κ1) is 8.81. The van der Waals surface area contributed by atoms with E-state index in [4.69, 9.17) is 11.0 Å². The highest BCUT2D eigenvalue weighted by Gasteiger charge is 1.99. The van der Waals surface area contributed by atoms with Crippen LogP contribution in [0, 0.1) is 11.3 Å². The number of hydrogen-bond donors (Lipinski definition) is 1. The zero-order valence-electron chi connectivity index (χ0n) is 6.40. The Bertz CT molecular complexity index is 294. The van der Waals surface area contributed by atoms with Gasteiger partial charge in [-0.15, -0.1) is 11.8 Å². The molecule has 0 bridgehead atoms. The average molecular weight is 180 g/mol. The molecular formula is C7H8N4S. The van der Waals surface area contributed by atoms with Gasteiger partial charge in [0.25, 0.3) is 0 Å². The van der Waals surface area contributed by atoms with Crippen molar-refractivity contribution in [1.82, 2.24) is 9.97 Å². The number of nitrogens with two attached hydrogens (primary N) is 1. The minimum Gasteiger partial charge on any atom is -0.381 e. The fourth-order valence-corrected chi connectivity index (χ4v) is 1.36. The van der Waals surface area contributed by atoms with Crippen molar-refractivity contribution in [1.29, 1.82) is 5.26 Å². The number of hydrogen-bond acceptors (Lipinski definition) is 5. The van der Waals surface area contributed by atoms with Crippen LogP contribution in [0.25, 0.3) is 0 Å². The van der Waals surface area contributed by atoms with Crippen molar-refractivity contribution < 1.29 is 0 Å². The first-order valence-electron chi connectivity index (χ1n) is 3.41. The van der Waals surface area contributed by atoms with Gasteiger partial charge in [0.1, 0.15) is 5.03 Å². The minimum absolute atomic E-state index is 0.431. The zero-order chi connectivity index (χ0) is 8.81. The molecule has 0 aliphatic rings. The third-order valence-corrected chi connectivity index (χ3v) is 2.14. The van der Waals surface area contributed by atoms with E-state index >= 15 is 0 Å². The molecule has 0 saturated carbocycles. The molecule has 1 aromatic rings. The highest BCUT2D eigenvalue weighted by Crippen LogP contribution is 2.19. The second-order valence-electron chi connectivity index (χ2n) is 2.00. The van der Waals surface area contributed by atoms with Crippen LogP contribution in [0.4, 0.5) is 5.82 Å². The molecular weight excluding hydrogens is 172 g/mol. The lowest BCUT2D eigenvalue weighted by molar-refractivity contribution is 1.07. The highest BCUT2D eigenvalue weighted by molar-refractivity contribution is 7.99. The van der Waals surface area contributed by atoms with E-state index in [2.05, 4.69) is 9.97 Å². The molecule has 0 aliphatic heterocycles. The molecule has 0 unspecified atom stereocenters. The SMILES string of the molecule is N#CCCSc1nccnc1N. The molecule has 2 N–H and O–H groups in total. The molecule has 62 valence electrons. The van der Waals surface area contributed by atoms with Gasteiger partial charge in [-0.25, -0.2) is 9.97 Å². The van der Waals surface area contributed by atoms with Crippen LogP contribution in [0.5, 0.6) is 0 Å². The van der Waals surface area contributed by atoms with Crippen LogP contribution in [0.15, 0.2) is 17.4 Å². The van der Waals surface area contributed by atoms with E-state index in [-0.39, 0.29) is 0 Å². The molecule has 12 heavy (non-hydrogen) atoms. The summed E-state index contributed by atoms with van der Waals surface area (Å²) in [6, 6.07) is 2.05. The highest BCUT2D eigenvalue weighted by atomic mass is 32.2. The smallest absolute Gasteiger partial charge is 0.156 e. The maximum atomic E-state index is 8.28. The number of thioether (sulfide) groups is 1. The van der Waals surface area contributed by atoms with Crippen molar-refractivity contribution in [3.63, 3.8) is 0 Å². The summed E-state index contributed by atoms with van der Waals surface area (Å²) in [6.07, 6.45) is 3.63. The number of aromatic nitrogens is 2. The van der Waals surface area contributed by atoms with E-state index in [0.29, 0.717) is 23.0 Å². The van der Waals surface area contributed by atoms with Crippen LogP contribution >= 0.6 is 11.8 Å². The fourth-order valence-electron chi connectivity index (χ4n) is 0.641. The van der Waals surface area contributed by atoms with E-state index < -0.39 is 0 Å². The van der Waals surface area contributed by atoms with Crippen LogP contribution in [0.1, 0.15) is 6.42 Å². The van der Waals surface area contributed by atoms with Gasteiger partial charge in [-0.2, -0.15) is 5.26 Å². The number of rotatable bonds is 3. The molecule has 0 radical (unpaired) electrons. The Morgan fingerprint density at radius 3 is 2.92 bits per heavy atom. The van der Waals surface area contributed by atoms with Gasteiger partial charge in [0.2, 0.25) is 0 Å². The molecule has 0 aromatic carbocycles. The van der Waals surface area contributed by atoms with Crippen LogP contribution in [0.3, 0.4) is 0 Å². The standard InChI is InChI=1S/C7H8N4S/c8-2-1-5-12-7-6(9)10-3-4-11-7/h3-4H,1,5H2,(H2,9,10). The number of anilines is 1. The van der Waals surface area contributed by atoms with Crippen molar-refractivity contribution >= 4 is 17.6 Å². The summed E-state index contributed by atoms with van der Waals surface area (Å²) in [5.41, 5.74) is 5.53. The van der Waals surface area contributed by atoms with Gasteiger partial charge in [0.15, 0.2) is 5.82 Å². The summed E-state index contributed by atoms with van der Waals surface area (Å²) in [7, 11) is 0. The van der Waals surface area contributed by atoms with Crippen LogP contribution < -0.4 is 5.73 Å². The van der Waals surface area contributed by atoms with Crippen molar-refractivity contribution in [2.75, 3.05) is 11.5 Å². The predicted octanol–water partition coefficient (Wildman–Crippen LogP) is 1.06. The van der Waals surface area contributed by atoms with Crippen LogP contribution in [0.2, 0.25) is 0 Å². The normalized spacial score (nSPS) is 9.25. The van der Waals surface area contributed by atoms with Gasteiger partial charge < -0.3 is 5.73 Å². The summed E-state index contributed by atoms with van der Waals surface area (Å²) in [5, 5.41) is 8.98. The monoisotopic (exact) mass is 180 g/mol. The Morgan fingerprint density at radius 2 is 2.25 bits per heavy atom. The van der Waals surface area contributed by atoms with E-state index in [1.165, 1.54) is 11.8 Å². The van der Waals surface area contributed by atoms with Crippen molar-refractivity contribution in [3.8, 4) is 6.07 Å². The van der Waals surface area contributed by atoms with E-state index in [1.54, 1.807) is 12.4 Å². The number of nitrogens with zero attached hydrogens (tertiary/aromatic N) is 3. The second kappa shape index (κ2) is 4.57. The third-order valence-electron chi connectivity index (χ3n) is 1.14. The fraction of sp³-hybridized carbons (Fsp3) is 0.286. The molecule has 0 fully saturated rings. The predicted molar refractivity (Wildman–Crippen MR) is 47.4 cm³/mol. The van der Waals surface area contributed by atoms with Gasteiger partial charge in [-0.05, 0) is 0 Å². The molecule has 0 spiro atoms. The Labute approximate surface area is 74.8 Å². The summed E-state index contributed by atoms with van der Waals surface area (Å²) in [4.78, 5) is 7.89. The van der Waals surface area contributed by atoms with Crippen molar-refractivity contribution in [3.05, 3.63) is 12.4 Å². The largest absolute Gasteiger partial charge is 0.381 e. The molecule has 5 heteroatoms. The minimum atomic E-state index is 0.431. The summed E-state index contributed by atoms with van der Waals surface area (Å²) in [6.45, 7) is 0. The molecule has 0 saturated heterocycles. The number of nitriles is 1. The molecule has 1 heterocycles. The van der Waals surface area contributed by atoms with Gasteiger partial charge >= 0.3 is 0 Å². The quantitative estimate of drug-likeness (QED) is 0.556. The van der Waals surface area contributed by atoms with Gasteiger partial charge in [0.05, 0.1) is 6.07 Å². The first-order chi connectivity index (χ1) is 5.84. The lowest BCUT2D eigenvalue weighted by atomic mass is 10.6. The summed E-state index contributed by atoms with van der Waals surface area (Å²) < 4.78 is 0. The molecule has 4 nitrogen and oxygen atoms in total. The Morgan fingerprint density at radius 1 is 1.50 bits per heavy atom. The van der Waals surface area contributed by atoms with Crippen LogP contribution in [-0.2, 0) is 0 Å². The summed E-state index contributed by atoms with van der Waals surface area (Å²) >= 11 is 1.45. The van der Waals surface area contributed by atoms with E-state index in [1.807, 2.05) is 6.07 Å². The Hall–Kier alpha value is -1.28. The van der Waals surface area contributed by atoms with Crippen molar-refractivity contribution in [2.45, 2.75) is 11.4 Å². The van der Waals surface area contributed by atoms with Gasteiger partial charge in [-0.1, -0.05) is 0 Å². The van der Waals surface area contributed by atoms with E-state index in [9.17, 15) is 0 Å². The van der Waals surface area contributed by atoms with Gasteiger partial charge in [0, 0.05) is 24.6 Å².